The van der Waals surface area contributed by atoms with E-state index < -0.39 is 0 Å². The van der Waals surface area contributed by atoms with Crippen molar-refractivity contribution < 1.29 is 0 Å². The summed E-state index contributed by atoms with van der Waals surface area (Å²) in [5, 5.41) is 3.83. The van der Waals surface area contributed by atoms with E-state index in [4.69, 9.17) is 12.2 Å². The zero-order valence-electron chi connectivity index (χ0n) is 11.0. The number of hydrogen-bond acceptors (Lipinski definition) is 1. The van der Waals surface area contributed by atoms with Crippen molar-refractivity contribution in [1.29, 1.82) is 0 Å². The maximum absolute atomic E-state index is 5.39. The van der Waals surface area contributed by atoms with E-state index in [1.807, 2.05) is 19.2 Å². The van der Waals surface area contributed by atoms with Gasteiger partial charge in [-0.05, 0) is 23.3 Å². The van der Waals surface area contributed by atoms with Crippen LogP contribution in [-0.4, -0.2) is 17.1 Å². The molecule has 2 nitrogen and oxygen atoms in total. The summed E-state index contributed by atoms with van der Waals surface area (Å²) in [5.74, 6) is 0. The van der Waals surface area contributed by atoms with E-state index in [2.05, 4.69) is 58.7 Å². The van der Waals surface area contributed by atoms with E-state index in [-0.39, 0.29) is 0 Å². The monoisotopic (exact) mass is 270 g/mol. The van der Waals surface area contributed by atoms with Gasteiger partial charge in [0, 0.05) is 20.1 Å². The van der Waals surface area contributed by atoms with Crippen molar-refractivity contribution in [2.45, 2.75) is 13.1 Å². The summed E-state index contributed by atoms with van der Waals surface area (Å²) >= 11 is 5.39. The Labute approximate surface area is 120 Å². The lowest BCUT2D eigenvalue weighted by atomic mass is 10.2. The van der Waals surface area contributed by atoms with Gasteiger partial charge >= 0.3 is 0 Å². The molecule has 0 atom stereocenters. The first-order chi connectivity index (χ1) is 9.29. The normalized spacial score (nSPS) is 9.95. The van der Waals surface area contributed by atoms with Gasteiger partial charge in [0.1, 0.15) is 0 Å². The minimum atomic E-state index is 0.771. The third kappa shape index (κ3) is 4.07. The highest BCUT2D eigenvalue weighted by atomic mass is 32.1. The summed E-state index contributed by atoms with van der Waals surface area (Å²) < 4.78 is 0. The van der Waals surface area contributed by atoms with Crippen LogP contribution in [-0.2, 0) is 13.1 Å². The zero-order chi connectivity index (χ0) is 13.5. The lowest BCUT2D eigenvalue weighted by Crippen LogP contribution is -2.36. The third-order valence-electron chi connectivity index (χ3n) is 2.93. The van der Waals surface area contributed by atoms with Crippen LogP contribution in [0.15, 0.2) is 60.7 Å². The van der Waals surface area contributed by atoms with Crippen molar-refractivity contribution in [2.75, 3.05) is 7.05 Å². The molecule has 0 radical (unpaired) electrons. The molecule has 0 aliphatic rings. The highest BCUT2D eigenvalue weighted by Crippen LogP contribution is 2.10. The standard InChI is InChI=1S/C16H18N2S/c1-17-16(19)18(12-14-8-4-2-5-9-14)13-15-10-6-3-7-11-15/h2-11H,12-13H2,1H3,(H,17,19). The first-order valence-electron chi connectivity index (χ1n) is 6.34. The minimum absolute atomic E-state index is 0.771. The Kier molecular flexibility index (Phi) is 4.93. The Hall–Kier alpha value is -1.87. The largest absolute Gasteiger partial charge is 0.366 e. The van der Waals surface area contributed by atoms with Crippen LogP contribution in [0.4, 0.5) is 0 Å². The van der Waals surface area contributed by atoms with Gasteiger partial charge in [-0.15, -0.1) is 0 Å². The first-order valence-corrected chi connectivity index (χ1v) is 6.75. The molecule has 0 fully saturated rings. The number of thiocarbonyl (C=S) groups is 1. The molecule has 0 spiro atoms. The molecule has 2 aromatic carbocycles. The molecule has 0 aliphatic carbocycles. The van der Waals surface area contributed by atoms with Crippen LogP contribution >= 0.6 is 12.2 Å². The maximum Gasteiger partial charge on any atom is 0.169 e. The van der Waals surface area contributed by atoms with E-state index >= 15 is 0 Å². The average molecular weight is 270 g/mol. The Morgan fingerprint density at radius 2 is 1.32 bits per heavy atom. The second kappa shape index (κ2) is 6.90. The van der Waals surface area contributed by atoms with Crippen LogP contribution < -0.4 is 5.32 Å². The SMILES string of the molecule is CNC(=S)N(Cc1ccccc1)Cc1ccccc1. The lowest BCUT2D eigenvalue weighted by Gasteiger charge is -2.25. The molecule has 0 saturated heterocycles. The summed E-state index contributed by atoms with van der Waals surface area (Å²) in [6.45, 7) is 1.63. The molecule has 0 heterocycles. The summed E-state index contributed by atoms with van der Waals surface area (Å²) in [6.07, 6.45) is 0. The molecular weight excluding hydrogens is 252 g/mol. The molecule has 3 heteroatoms. The van der Waals surface area contributed by atoms with Crippen LogP contribution in [0.1, 0.15) is 11.1 Å². The molecule has 98 valence electrons. The molecule has 0 amide bonds. The van der Waals surface area contributed by atoms with E-state index in [0.717, 1.165) is 18.2 Å². The Morgan fingerprint density at radius 3 is 1.68 bits per heavy atom. The van der Waals surface area contributed by atoms with Crippen molar-refractivity contribution in [1.82, 2.24) is 10.2 Å². The van der Waals surface area contributed by atoms with Crippen LogP contribution in [0.5, 0.6) is 0 Å². The van der Waals surface area contributed by atoms with Gasteiger partial charge in [-0.3, -0.25) is 0 Å². The van der Waals surface area contributed by atoms with Gasteiger partial charge in [-0.1, -0.05) is 60.7 Å². The van der Waals surface area contributed by atoms with E-state index in [1.165, 1.54) is 11.1 Å². The maximum atomic E-state index is 5.39. The number of hydrogen-bond donors (Lipinski definition) is 1. The Bertz CT molecular complexity index is 469. The van der Waals surface area contributed by atoms with Crippen molar-refractivity contribution in [3.05, 3.63) is 71.8 Å². The summed E-state index contributed by atoms with van der Waals surface area (Å²) in [6, 6.07) is 20.8. The van der Waals surface area contributed by atoms with E-state index in [0.29, 0.717) is 0 Å². The van der Waals surface area contributed by atoms with Crippen molar-refractivity contribution in [2.24, 2.45) is 0 Å². The highest BCUT2D eigenvalue weighted by Gasteiger charge is 2.09. The number of nitrogens with zero attached hydrogens (tertiary/aromatic N) is 1. The number of rotatable bonds is 4. The highest BCUT2D eigenvalue weighted by molar-refractivity contribution is 7.80. The quantitative estimate of drug-likeness (QED) is 0.859. The van der Waals surface area contributed by atoms with Gasteiger partial charge in [0.15, 0.2) is 5.11 Å². The molecule has 19 heavy (non-hydrogen) atoms. The van der Waals surface area contributed by atoms with Crippen LogP contribution in [0, 0.1) is 0 Å². The van der Waals surface area contributed by atoms with Gasteiger partial charge in [0.2, 0.25) is 0 Å². The molecule has 0 bridgehead atoms. The molecule has 0 aliphatic heterocycles. The Morgan fingerprint density at radius 1 is 0.895 bits per heavy atom. The topological polar surface area (TPSA) is 15.3 Å². The lowest BCUT2D eigenvalue weighted by molar-refractivity contribution is 0.402. The molecule has 2 rings (SSSR count). The third-order valence-corrected chi connectivity index (χ3v) is 3.40. The molecule has 0 saturated carbocycles. The molecule has 0 unspecified atom stereocenters. The van der Waals surface area contributed by atoms with Crippen molar-refractivity contribution in [3.8, 4) is 0 Å². The van der Waals surface area contributed by atoms with Crippen LogP contribution in [0.3, 0.4) is 0 Å². The summed E-state index contributed by atoms with van der Waals surface area (Å²) in [5.41, 5.74) is 2.52. The number of benzene rings is 2. The zero-order valence-corrected chi connectivity index (χ0v) is 11.9. The molecule has 0 aromatic heterocycles. The Balaban J connectivity index is 2.10. The second-order valence-corrected chi connectivity index (χ2v) is 4.77. The summed E-state index contributed by atoms with van der Waals surface area (Å²) in [7, 11) is 1.87. The smallest absolute Gasteiger partial charge is 0.169 e. The predicted molar refractivity (Wildman–Crippen MR) is 83.8 cm³/mol. The number of nitrogens with one attached hydrogen (secondary N) is 1. The molecule has 1 N–H and O–H groups in total. The van der Waals surface area contributed by atoms with Gasteiger partial charge < -0.3 is 10.2 Å². The average Bonchev–Trinajstić information content (AvgIpc) is 2.48. The van der Waals surface area contributed by atoms with E-state index in [9.17, 15) is 0 Å². The molecule has 2 aromatic rings. The van der Waals surface area contributed by atoms with Crippen molar-refractivity contribution >= 4 is 17.3 Å². The van der Waals surface area contributed by atoms with Crippen LogP contribution in [0.25, 0.3) is 0 Å². The molecular formula is C16H18N2S. The van der Waals surface area contributed by atoms with Crippen molar-refractivity contribution in [3.63, 3.8) is 0 Å². The predicted octanol–water partition coefficient (Wildman–Crippen LogP) is 3.19. The minimum Gasteiger partial charge on any atom is -0.366 e. The first kappa shape index (κ1) is 13.6. The fraction of sp³-hybridized carbons (Fsp3) is 0.188. The van der Waals surface area contributed by atoms with Crippen LogP contribution in [0.2, 0.25) is 0 Å². The van der Waals surface area contributed by atoms with Gasteiger partial charge in [-0.2, -0.15) is 0 Å². The van der Waals surface area contributed by atoms with Gasteiger partial charge in [0.25, 0.3) is 0 Å². The van der Waals surface area contributed by atoms with Gasteiger partial charge in [0.05, 0.1) is 0 Å². The van der Waals surface area contributed by atoms with Gasteiger partial charge in [-0.25, -0.2) is 0 Å². The second-order valence-electron chi connectivity index (χ2n) is 4.38. The summed E-state index contributed by atoms with van der Waals surface area (Å²) in [4.78, 5) is 2.17. The fourth-order valence-corrected chi connectivity index (χ4v) is 2.09. The van der Waals surface area contributed by atoms with E-state index in [1.54, 1.807) is 0 Å². The fourth-order valence-electron chi connectivity index (χ4n) is 1.97.